The third-order valence-electron chi connectivity index (χ3n) is 6.45. The van der Waals surface area contributed by atoms with E-state index in [1.807, 2.05) is 30.3 Å². The van der Waals surface area contributed by atoms with Crippen LogP contribution in [0.3, 0.4) is 0 Å². The lowest BCUT2D eigenvalue weighted by atomic mass is 10.1. The van der Waals surface area contributed by atoms with Crippen molar-refractivity contribution in [3.8, 4) is 17.0 Å². The molecule has 2 saturated heterocycles. The van der Waals surface area contributed by atoms with Crippen molar-refractivity contribution in [1.82, 2.24) is 19.9 Å². The van der Waals surface area contributed by atoms with Gasteiger partial charge in [-0.25, -0.2) is 9.97 Å². The number of likely N-dealkylation sites (tertiary alicyclic amines) is 1. The van der Waals surface area contributed by atoms with Crippen molar-refractivity contribution in [1.29, 1.82) is 0 Å². The first-order valence-electron chi connectivity index (χ1n) is 11.9. The van der Waals surface area contributed by atoms with Crippen LogP contribution >= 0.6 is 0 Å². The number of nitrogen functional groups attached to an aromatic ring is 1. The number of Topliss-reactive ketones (excluding diaryl/α,β-unsaturated/α-hetero) is 1. The Bertz CT molecular complexity index is 1180. The van der Waals surface area contributed by atoms with Gasteiger partial charge in [-0.1, -0.05) is 0 Å². The third-order valence-corrected chi connectivity index (χ3v) is 6.45. The van der Waals surface area contributed by atoms with Gasteiger partial charge in [0.1, 0.15) is 17.5 Å². The molecule has 2 aliphatic rings. The van der Waals surface area contributed by atoms with Crippen LogP contribution in [0.2, 0.25) is 0 Å². The molecule has 2 N–H and O–H groups in total. The number of morpholine rings is 1. The minimum atomic E-state index is -0.190. The Hall–Kier alpha value is -3.56. The number of hydrogen-bond donors (Lipinski definition) is 1. The predicted molar refractivity (Wildman–Crippen MR) is 134 cm³/mol. The Kier molecular flexibility index (Phi) is 6.87. The number of carbonyl (C=O) groups excluding carboxylic acids is 1. The Morgan fingerprint density at radius 3 is 2.69 bits per heavy atom. The number of ether oxygens (including phenoxy) is 2. The van der Waals surface area contributed by atoms with Gasteiger partial charge in [-0.05, 0) is 43.8 Å². The van der Waals surface area contributed by atoms with Crippen LogP contribution in [0, 0.1) is 0 Å². The molecule has 0 bridgehead atoms. The van der Waals surface area contributed by atoms with Crippen molar-refractivity contribution >= 4 is 17.3 Å². The van der Waals surface area contributed by atoms with E-state index in [0.717, 1.165) is 55.2 Å². The molecule has 0 spiro atoms. The summed E-state index contributed by atoms with van der Waals surface area (Å²) in [6.45, 7) is 4.86. The summed E-state index contributed by atoms with van der Waals surface area (Å²) in [5, 5.41) is 0. The molecule has 2 aliphatic heterocycles. The second kappa shape index (κ2) is 10.4. The van der Waals surface area contributed by atoms with Crippen LogP contribution in [0.4, 0.5) is 11.5 Å². The quantitative estimate of drug-likeness (QED) is 0.517. The fourth-order valence-electron chi connectivity index (χ4n) is 4.56. The molecule has 0 aliphatic carbocycles. The number of ketones is 1. The maximum atomic E-state index is 13.2. The highest BCUT2D eigenvalue weighted by Gasteiger charge is 2.22. The number of carbonyl (C=O) groups is 1. The maximum Gasteiger partial charge on any atom is 0.189 e. The predicted octanol–water partition coefficient (Wildman–Crippen LogP) is 2.47. The molecule has 2 aromatic heterocycles. The van der Waals surface area contributed by atoms with Crippen LogP contribution in [0.5, 0.6) is 5.75 Å². The first kappa shape index (κ1) is 23.2. The van der Waals surface area contributed by atoms with Gasteiger partial charge in [0.15, 0.2) is 11.6 Å². The van der Waals surface area contributed by atoms with Crippen molar-refractivity contribution in [3.05, 3.63) is 60.2 Å². The summed E-state index contributed by atoms with van der Waals surface area (Å²) in [7, 11) is 2.10. The number of anilines is 2. The summed E-state index contributed by atoms with van der Waals surface area (Å²) < 4.78 is 11.5. The number of pyridine rings is 1. The van der Waals surface area contributed by atoms with Gasteiger partial charge in [0.25, 0.3) is 0 Å². The summed E-state index contributed by atoms with van der Waals surface area (Å²) in [4.78, 5) is 30.8. The number of aromatic nitrogens is 3. The van der Waals surface area contributed by atoms with E-state index in [1.165, 1.54) is 0 Å². The summed E-state index contributed by atoms with van der Waals surface area (Å²) in [6, 6.07) is 9.65. The molecule has 4 heterocycles. The van der Waals surface area contributed by atoms with E-state index in [0.29, 0.717) is 18.9 Å². The van der Waals surface area contributed by atoms with Gasteiger partial charge in [-0.2, -0.15) is 0 Å². The monoisotopic (exact) mass is 474 g/mol. The Morgan fingerprint density at radius 2 is 1.94 bits per heavy atom. The fourth-order valence-corrected chi connectivity index (χ4v) is 4.56. The zero-order chi connectivity index (χ0) is 24.2. The molecule has 0 saturated carbocycles. The van der Waals surface area contributed by atoms with Gasteiger partial charge in [0, 0.05) is 61.8 Å². The maximum absolute atomic E-state index is 13.2. The highest BCUT2D eigenvalue weighted by molar-refractivity contribution is 6.00. The lowest BCUT2D eigenvalue weighted by molar-refractivity contribution is 0.0988. The van der Waals surface area contributed by atoms with Crippen LogP contribution in [0.25, 0.3) is 11.3 Å². The molecular weight excluding hydrogens is 444 g/mol. The topological polar surface area (TPSA) is 107 Å². The highest BCUT2D eigenvalue weighted by Crippen LogP contribution is 2.26. The molecule has 2 fully saturated rings. The van der Waals surface area contributed by atoms with Crippen LogP contribution in [0.15, 0.2) is 48.9 Å². The molecule has 0 radical (unpaired) electrons. The average molecular weight is 475 g/mol. The van der Waals surface area contributed by atoms with E-state index in [-0.39, 0.29) is 29.8 Å². The number of benzene rings is 1. The summed E-state index contributed by atoms with van der Waals surface area (Å²) in [5.41, 5.74) is 9.51. The van der Waals surface area contributed by atoms with Gasteiger partial charge in [-0.3, -0.25) is 9.78 Å². The lowest BCUT2D eigenvalue weighted by Gasteiger charge is -2.30. The Balaban J connectivity index is 1.32. The number of rotatable bonds is 7. The molecule has 5 rings (SSSR count). The van der Waals surface area contributed by atoms with Crippen LogP contribution in [-0.4, -0.2) is 78.2 Å². The molecule has 1 atom stereocenters. The molecule has 182 valence electrons. The second-order valence-electron chi connectivity index (χ2n) is 9.01. The number of nitrogens with zero attached hydrogens (tertiary/aromatic N) is 5. The van der Waals surface area contributed by atoms with Crippen molar-refractivity contribution < 1.29 is 14.3 Å². The molecule has 1 unspecified atom stereocenters. The van der Waals surface area contributed by atoms with E-state index in [4.69, 9.17) is 15.2 Å². The van der Waals surface area contributed by atoms with Gasteiger partial charge in [0.2, 0.25) is 0 Å². The smallest absolute Gasteiger partial charge is 0.189 e. The molecule has 9 nitrogen and oxygen atoms in total. The molecule has 1 aromatic carbocycles. The van der Waals surface area contributed by atoms with Gasteiger partial charge in [-0.15, -0.1) is 0 Å². The zero-order valence-corrected chi connectivity index (χ0v) is 19.9. The standard InChI is InChI=1S/C26H30N6O3/c1-31-9-7-21(17-31)35-20-4-2-18(3-5-20)22-16-29-26(27)25(30-22)24(33)14-19-15-28-8-6-23(19)32-10-12-34-13-11-32/h2-6,8,15-16,21H,7,9-14,17H2,1H3,(H2,27,29). The van der Waals surface area contributed by atoms with E-state index in [1.54, 1.807) is 18.6 Å². The molecular formula is C26H30N6O3. The van der Waals surface area contributed by atoms with E-state index in [2.05, 4.69) is 31.8 Å². The lowest BCUT2D eigenvalue weighted by Crippen LogP contribution is -2.37. The van der Waals surface area contributed by atoms with Crippen molar-refractivity contribution in [2.75, 3.05) is 57.1 Å². The minimum absolute atomic E-state index is 0.126. The number of hydrogen-bond acceptors (Lipinski definition) is 9. The van der Waals surface area contributed by atoms with Crippen LogP contribution in [-0.2, 0) is 11.2 Å². The fraction of sp³-hybridized carbons (Fsp3) is 0.385. The first-order valence-corrected chi connectivity index (χ1v) is 11.9. The van der Waals surface area contributed by atoms with Gasteiger partial charge >= 0.3 is 0 Å². The van der Waals surface area contributed by atoms with E-state index >= 15 is 0 Å². The number of nitrogens with two attached hydrogens (primary N) is 1. The van der Waals surface area contributed by atoms with Crippen molar-refractivity contribution in [2.24, 2.45) is 0 Å². The average Bonchev–Trinajstić information content (AvgIpc) is 3.30. The van der Waals surface area contributed by atoms with Crippen molar-refractivity contribution in [3.63, 3.8) is 0 Å². The molecule has 35 heavy (non-hydrogen) atoms. The van der Waals surface area contributed by atoms with Crippen LogP contribution < -0.4 is 15.4 Å². The number of likely N-dealkylation sites (N-methyl/N-ethyl adjacent to an activating group) is 1. The zero-order valence-electron chi connectivity index (χ0n) is 19.9. The molecule has 9 heteroatoms. The third kappa shape index (κ3) is 5.41. The normalized spacial score (nSPS) is 18.5. The second-order valence-corrected chi connectivity index (χ2v) is 9.01. The van der Waals surface area contributed by atoms with Crippen molar-refractivity contribution in [2.45, 2.75) is 18.9 Å². The summed E-state index contributed by atoms with van der Waals surface area (Å²) >= 11 is 0. The van der Waals surface area contributed by atoms with E-state index in [9.17, 15) is 4.79 Å². The molecule has 3 aromatic rings. The van der Waals surface area contributed by atoms with Gasteiger partial charge < -0.3 is 25.0 Å². The highest BCUT2D eigenvalue weighted by atomic mass is 16.5. The summed E-state index contributed by atoms with van der Waals surface area (Å²) in [5.74, 6) is 0.756. The molecule has 0 amide bonds. The minimum Gasteiger partial charge on any atom is -0.489 e. The largest absolute Gasteiger partial charge is 0.489 e. The Morgan fingerprint density at radius 1 is 1.14 bits per heavy atom. The first-order chi connectivity index (χ1) is 17.1. The summed E-state index contributed by atoms with van der Waals surface area (Å²) in [6.07, 6.45) is 6.45. The SMILES string of the molecule is CN1CCC(Oc2ccc(-c3cnc(N)c(C(=O)Cc4cnccc4N4CCOCC4)n3)cc2)C1. The van der Waals surface area contributed by atoms with E-state index < -0.39 is 0 Å². The van der Waals surface area contributed by atoms with Gasteiger partial charge in [0.05, 0.1) is 25.1 Å². The van der Waals surface area contributed by atoms with Crippen LogP contribution in [0.1, 0.15) is 22.5 Å². The Labute approximate surface area is 204 Å².